The molecule has 3 rings (SSSR count). The second-order valence-electron chi connectivity index (χ2n) is 5.63. The molecule has 0 bridgehead atoms. The zero-order valence-electron chi connectivity index (χ0n) is 12.4. The molecule has 118 valence electrons. The van der Waals surface area contributed by atoms with Crippen LogP contribution in [0.5, 0.6) is 0 Å². The number of rotatable bonds is 2. The molecule has 1 saturated heterocycles. The number of amides is 2. The Balaban J connectivity index is 1.69. The van der Waals surface area contributed by atoms with Crippen molar-refractivity contribution in [1.82, 2.24) is 10.2 Å². The molecule has 2 atom stereocenters. The highest BCUT2D eigenvalue weighted by Gasteiger charge is 2.34. The number of nitrogens with zero attached hydrogens (tertiary/aromatic N) is 2. The van der Waals surface area contributed by atoms with Gasteiger partial charge in [0.15, 0.2) is 5.84 Å². The van der Waals surface area contributed by atoms with Crippen LogP contribution in [0.2, 0.25) is 0 Å². The number of amidine groups is 1. The highest BCUT2D eigenvalue weighted by molar-refractivity contribution is 7.12. The van der Waals surface area contributed by atoms with Gasteiger partial charge in [-0.15, -0.1) is 11.3 Å². The summed E-state index contributed by atoms with van der Waals surface area (Å²) in [5, 5.41) is 8.53. The van der Waals surface area contributed by atoms with Gasteiger partial charge in [-0.3, -0.25) is 9.59 Å². The summed E-state index contributed by atoms with van der Waals surface area (Å²) in [4.78, 5) is 32.5. The van der Waals surface area contributed by atoms with Crippen molar-refractivity contribution in [1.29, 1.82) is 0 Å². The Kier molecular flexibility index (Phi) is 4.42. The van der Waals surface area contributed by atoms with Crippen molar-refractivity contribution in [3.63, 3.8) is 0 Å². The Morgan fingerprint density at radius 2 is 2.32 bits per heavy atom. The van der Waals surface area contributed by atoms with E-state index in [-0.39, 0.29) is 17.9 Å². The fourth-order valence-corrected chi connectivity index (χ4v) is 3.47. The van der Waals surface area contributed by atoms with Crippen molar-refractivity contribution in [2.45, 2.75) is 44.8 Å². The number of hydrogen-bond acceptors (Lipinski definition) is 5. The summed E-state index contributed by atoms with van der Waals surface area (Å²) in [7, 11) is 0. The van der Waals surface area contributed by atoms with E-state index in [2.05, 4.69) is 10.5 Å². The van der Waals surface area contributed by atoms with E-state index in [4.69, 9.17) is 4.84 Å². The van der Waals surface area contributed by atoms with Crippen LogP contribution < -0.4 is 5.32 Å². The van der Waals surface area contributed by atoms with Crippen molar-refractivity contribution < 1.29 is 14.4 Å². The van der Waals surface area contributed by atoms with E-state index in [1.807, 2.05) is 18.4 Å². The van der Waals surface area contributed by atoms with Crippen molar-refractivity contribution in [3.05, 3.63) is 22.4 Å². The maximum absolute atomic E-state index is 12.6. The molecule has 2 amide bonds. The van der Waals surface area contributed by atoms with E-state index in [1.54, 1.807) is 11.0 Å². The third kappa shape index (κ3) is 3.14. The van der Waals surface area contributed by atoms with Gasteiger partial charge in [0, 0.05) is 13.0 Å². The van der Waals surface area contributed by atoms with Gasteiger partial charge in [-0.05, 0) is 37.6 Å². The molecule has 1 N–H and O–H groups in total. The highest BCUT2D eigenvalue weighted by Crippen LogP contribution is 2.22. The number of carbonyl (C=O) groups excluding carboxylic acids is 2. The summed E-state index contributed by atoms with van der Waals surface area (Å²) in [5.41, 5.74) is 0. The molecule has 3 heterocycles. The van der Waals surface area contributed by atoms with E-state index >= 15 is 0 Å². The number of oxime groups is 1. The molecule has 22 heavy (non-hydrogen) atoms. The van der Waals surface area contributed by atoms with Crippen molar-refractivity contribution in [2.24, 2.45) is 5.16 Å². The van der Waals surface area contributed by atoms with Crippen LogP contribution in [-0.4, -0.2) is 41.2 Å². The molecule has 1 aromatic heterocycles. The van der Waals surface area contributed by atoms with Gasteiger partial charge < -0.3 is 15.1 Å². The molecule has 1 aromatic rings. The van der Waals surface area contributed by atoms with Crippen LogP contribution in [-0.2, 0) is 9.63 Å². The summed E-state index contributed by atoms with van der Waals surface area (Å²) < 4.78 is 0. The smallest absolute Gasteiger partial charge is 0.264 e. The molecule has 0 aliphatic carbocycles. The molecule has 0 saturated carbocycles. The van der Waals surface area contributed by atoms with Crippen LogP contribution in [0.3, 0.4) is 0 Å². The lowest BCUT2D eigenvalue weighted by atomic mass is 10.0. The minimum Gasteiger partial charge on any atom is -0.391 e. The molecular weight excluding hydrogens is 302 g/mol. The minimum absolute atomic E-state index is 0.00879. The van der Waals surface area contributed by atoms with Crippen LogP contribution in [0.25, 0.3) is 0 Å². The Morgan fingerprint density at radius 1 is 1.45 bits per heavy atom. The van der Waals surface area contributed by atoms with Gasteiger partial charge in [-0.1, -0.05) is 11.2 Å². The second kappa shape index (κ2) is 6.48. The monoisotopic (exact) mass is 321 g/mol. The molecule has 2 aliphatic rings. The molecule has 0 spiro atoms. The van der Waals surface area contributed by atoms with Crippen molar-refractivity contribution in [2.75, 3.05) is 6.54 Å². The van der Waals surface area contributed by atoms with Gasteiger partial charge in [-0.2, -0.15) is 0 Å². The molecule has 2 aliphatic heterocycles. The first-order valence-corrected chi connectivity index (χ1v) is 8.41. The Bertz CT molecular complexity index is 585. The van der Waals surface area contributed by atoms with Crippen LogP contribution >= 0.6 is 11.3 Å². The number of piperidine rings is 1. The summed E-state index contributed by atoms with van der Waals surface area (Å²) in [6.07, 6.45) is 3.16. The highest BCUT2D eigenvalue weighted by atomic mass is 32.1. The second-order valence-corrected chi connectivity index (χ2v) is 6.58. The summed E-state index contributed by atoms with van der Waals surface area (Å²) >= 11 is 1.40. The normalized spacial score (nSPS) is 24.6. The van der Waals surface area contributed by atoms with E-state index < -0.39 is 6.04 Å². The largest absolute Gasteiger partial charge is 0.391 e. The number of likely N-dealkylation sites (tertiary alicyclic amines) is 1. The maximum atomic E-state index is 12.6. The van der Waals surface area contributed by atoms with E-state index in [0.29, 0.717) is 30.1 Å². The van der Waals surface area contributed by atoms with Gasteiger partial charge in [-0.25, -0.2) is 0 Å². The third-order valence-electron chi connectivity index (χ3n) is 3.89. The molecule has 7 heteroatoms. The fraction of sp³-hybridized carbons (Fsp3) is 0.533. The first kappa shape index (κ1) is 15.0. The SMILES string of the molecule is C[C@H]1CC(NC(=O)[C@H]2CCCCN2C(=O)c2cccs2)=NO1. The first-order chi connectivity index (χ1) is 10.6. The van der Waals surface area contributed by atoms with Gasteiger partial charge in [0.05, 0.1) is 4.88 Å². The van der Waals surface area contributed by atoms with E-state index in [9.17, 15) is 9.59 Å². The minimum atomic E-state index is -0.429. The zero-order valence-corrected chi connectivity index (χ0v) is 13.3. The third-order valence-corrected chi connectivity index (χ3v) is 4.75. The van der Waals surface area contributed by atoms with Crippen LogP contribution in [0, 0.1) is 0 Å². The molecular formula is C15H19N3O3S. The fourth-order valence-electron chi connectivity index (χ4n) is 2.79. The van der Waals surface area contributed by atoms with Crippen LogP contribution in [0.4, 0.5) is 0 Å². The van der Waals surface area contributed by atoms with Gasteiger partial charge in [0.2, 0.25) is 5.91 Å². The summed E-state index contributed by atoms with van der Waals surface area (Å²) in [6.45, 7) is 2.52. The maximum Gasteiger partial charge on any atom is 0.264 e. The van der Waals surface area contributed by atoms with Gasteiger partial charge in [0.1, 0.15) is 12.1 Å². The topological polar surface area (TPSA) is 71.0 Å². The molecule has 6 nitrogen and oxygen atoms in total. The number of nitrogens with one attached hydrogen (secondary N) is 1. The molecule has 0 aromatic carbocycles. The van der Waals surface area contributed by atoms with Crippen molar-refractivity contribution >= 4 is 29.0 Å². The van der Waals surface area contributed by atoms with E-state index in [1.165, 1.54) is 11.3 Å². The summed E-state index contributed by atoms with van der Waals surface area (Å²) in [6, 6.07) is 3.22. The molecule has 0 radical (unpaired) electrons. The zero-order chi connectivity index (χ0) is 15.5. The number of hydrogen-bond donors (Lipinski definition) is 1. The quantitative estimate of drug-likeness (QED) is 0.905. The van der Waals surface area contributed by atoms with Gasteiger partial charge >= 0.3 is 0 Å². The average Bonchev–Trinajstić information content (AvgIpc) is 3.18. The number of thiophene rings is 1. The Hall–Kier alpha value is -1.89. The predicted octanol–water partition coefficient (Wildman–Crippen LogP) is 1.98. The van der Waals surface area contributed by atoms with Crippen molar-refractivity contribution in [3.8, 4) is 0 Å². The lowest BCUT2D eigenvalue weighted by Crippen LogP contribution is -2.52. The lowest BCUT2D eigenvalue weighted by molar-refractivity contribution is -0.125. The van der Waals surface area contributed by atoms with Crippen LogP contribution in [0.15, 0.2) is 22.7 Å². The predicted molar refractivity (Wildman–Crippen MR) is 83.7 cm³/mol. The first-order valence-electron chi connectivity index (χ1n) is 7.53. The molecule has 1 fully saturated rings. The lowest BCUT2D eigenvalue weighted by Gasteiger charge is -2.34. The number of carbonyl (C=O) groups is 2. The average molecular weight is 321 g/mol. The Labute approximate surface area is 133 Å². The summed E-state index contributed by atoms with van der Waals surface area (Å²) in [5.74, 6) is 0.320. The standard InChI is InChI=1S/C15H19N3O3S/c1-10-9-13(17-21-10)16-14(19)11-5-2-3-7-18(11)15(20)12-6-4-8-22-12/h4,6,8,10-11H,2-3,5,7,9H2,1H3,(H,16,17,19)/t10-,11+/m0/s1. The Morgan fingerprint density at radius 3 is 3.00 bits per heavy atom. The van der Waals surface area contributed by atoms with Crippen LogP contribution in [0.1, 0.15) is 42.3 Å². The van der Waals surface area contributed by atoms with Gasteiger partial charge in [0.25, 0.3) is 5.91 Å². The van der Waals surface area contributed by atoms with E-state index in [0.717, 1.165) is 12.8 Å². The molecule has 0 unspecified atom stereocenters.